The summed E-state index contributed by atoms with van der Waals surface area (Å²) in [5.74, 6) is 1.62. The van der Waals surface area contributed by atoms with Gasteiger partial charge in [-0.15, -0.1) is 0 Å². The number of aromatic nitrogens is 2. The van der Waals surface area contributed by atoms with E-state index < -0.39 is 10.0 Å². The molecule has 0 bridgehead atoms. The first-order chi connectivity index (χ1) is 15.7. The van der Waals surface area contributed by atoms with E-state index in [0.29, 0.717) is 22.9 Å². The fraction of sp³-hybridized carbons (Fsp3) is 0.238. The Morgan fingerprint density at radius 1 is 1.12 bits per heavy atom. The first-order valence-electron chi connectivity index (χ1n) is 9.76. The van der Waals surface area contributed by atoms with Gasteiger partial charge in [-0.2, -0.15) is 4.98 Å². The number of aliphatic hydroxyl groups excluding tert-OH is 1. The number of hydrogen-bond donors (Lipinski definition) is 4. The van der Waals surface area contributed by atoms with E-state index in [2.05, 4.69) is 25.3 Å². The molecule has 1 heterocycles. The number of ether oxygens (including phenoxy) is 2. The van der Waals surface area contributed by atoms with Crippen LogP contribution in [0.2, 0.25) is 5.02 Å². The zero-order valence-corrected chi connectivity index (χ0v) is 19.8. The Kier molecular flexibility index (Phi) is 7.79. The third-order valence-corrected chi connectivity index (χ3v) is 5.27. The number of sulfonamides is 1. The average molecular weight is 494 g/mol. The zero-order chi connectivity index (χ0) is 24.0. The summed E-state index contributed by atoms with van der Waals surface area (Å²) in [5, 5.41) is 15.4. The van der Waals surface area contributed by atoms with Gasteiger partial charge in [-0.3, -0.25) is 4.72 Å². The number of methoxy groups -OCH3 is 1. The minimum atomic E-state index is -3.54. The molecule has 0 aliphatic carbocycles. The Morgan fingerprint density at radius 2 is 1.91 bits per heavy atom. The first-order valence-corrected chi connectivity index (χ1v) is 12.0. The first kappa shape index (κ1) is 24.4. The lowest BCUT2D eigenvalue weighted by Gasteiger charge is -2.16. The maximum absolute atomic E-state index is 11.8. The summed E-state index contributed by atoms with van der Waals surface area (Å²) in [7, 11) is -2.06. The van der Waals surface area contributed by atoms with Crippen molar-refractivity contribution >= 4 is 50.5 Å². The van der Waals surface area contributed by atoms with E-state index in [9.17, 15) is 8.42 Å². The smallest absolute Gasteiger partial charge is 0.229 e. The van der Waals surface area contributed by atoms with E-state index in [1.807, 2.05) is 13.0 Å². The molecule has 176 valence electrons. The van der Waals surface area contributed by atoms with Crippen molar-refractivity contribution in [3.8, 4) is 11.5 Å². The van der Waals surface area contributed by atoms with Crippen LogP contribution in [0.3, 0.4) is 0 Å². The van der Waals surface area contributed by atoms with Crippen LogP contribution in [-0.4, -0.2) is 50.1 Å². The van der Waals surface area contributed by atoms with Gasteiger partial charge < -0.3 is 25.2 Å². The van der Waals surface area contributed by atoms with Crippen molar-refractivity contribution in [3.63, 3.8) is 0 Å². The monoisotopic (exact) mass is 493 g/mol. The van der Waals surface area contributed by atoms with Gasteiger partial charge in [0, 0.05) is 17.3 Å². The Morgan fingerprint density at radius 3 is 2.61 bits per heavy atom. The summed E-state index contributed by atoms with van der Waals surface area (Å²) in [5.41, 5.74) is 2.21. The number of benzene rings is 2. The molecule has 0 saturated heterocycles. The fourth-order valence-corrected chi connectivity index (χ4v) is 3.58. The molecule has 12 heteroatoms. The highest BCUT2D eigenvalue weighted by Crippen LogP contribution is 2.33. The third-order valence-electron chi connectivity index (χ3n) is 4.40. The zero-order valence-electron chi connectivity index (χ0n) is 18.2. The Bertz CT molecular complexity index is 1240. The summed E-state index contributed by atoms with van der Waals surface area (Å²) in [6, 6.07) is 10.3. The normalized spacial score (nSPS) is 11.1. The SMILES string of the molecule is COc1ccc(Nc2nc(Nc3cccc(OCCO)c3C)ncc2Cl)c(NS(C)(=O)=O)c1. The maximum Gasteiger partial charge on any atom is 0.229 e. The standard InChI is InChI=1S/C21H24ClN5O5S/c1-13-16(5-4-6-19(13)32-10-9-28)25-21-23-12-15(22)20(26-21)24-17-8-7-14(31-2)11-18(17)27-33(3,29)30/h4-8,11-12,27-28H,9-10H2,1-3H3,(H2,23,24,25,26). The Balaban J connectivity index is 1.89. The van der Waals surface area contributed by atoms with E-state index in [0.717, 1.165) is 11.8 Å². The predicted octanol–water partition coefficient (Wildman–Crippen LogP) is 3.68. The molecule has 2 aromatic carbocycles. The second-order valence-electron chi connectivity index (χ2n) is 6.93. The molecule has 3 aromatic rings. The highest BCUT2D eigenvalue weighted by Gasteiger charge is 2.14. The lowest BCUT2D eigenvalue weighted by molar-refractivity contribution is 0.200. The maximum atomic E-state index is 11.8. The van der Waals surface area contributed by atoms with Crippen LogP contribution >= 0.6 is 11.6 Å². The Hall–Kier alpha value is -3.28. The van der Waals surface area contributed by atoms with Crippen LogP contribution in [0.15, 0.2) is 42.6 Å². The molecular weight excluding hydrogens is 470 g/mol. The lowest BCUT2D eigenvalue weighted by atomic mass is 10.2. The number of anilines is 5. The molecule has 0 amide bonds. The van der Waals surface area contributed by atoms with E-state index in [4.69, 9.17) is 26.2 Å². The number of hydrogen-bond acceptors (Lipinski definition) is 9. The molecule has 0 saturated carbocycles. The van der Waals surface area contributed by atoms with Crippen LogP contribution in [0.4, 0.5) is 28.8 Å². The summed E-state index contributed by atoms with van der Waals surface area (Å²) < 4.78 is 36.7. The molecule has 10 nitrogen and oxygen atoms in total. The molecule has 0 spiro atoms. The van der Waals surface area contributed by atoms with Crippen LogP contribution < -0.4 is 24.8 Å². The molecule has 0 unspecified atom stereocenters. The average Bonchev–Trinajstić information content (AvgIpc) is 2.76. The molecule has 0 radical (unpaired) electrons. The molecule has 1 aromatic heterocycles. The Labute approximate surface area is 197 Å². The van der Waals surface area contributed by atoms with Crippen molar-refractivity contribution in [1.29, 1.82) is 0 Å². The van der Waals surface area contributed by atoms with Gasteiger partial charge in [0.15, 0.2) is 5.82 Å². The van der Waals surface area contributed by atoms with Gasteiger partial charge in [0.2, 0.25) is 16.0 Å². The third kappa shape index (κ3) is 6.60. The van der Waals surface area contributed by atoms with Crippen molar-refractivity contribution in [3.05, 3.63) is 53.2 Å². The largest absolute Gasteiger partial charge is 0.497 e. The fourth-order valence-electron chi connectivity index (χ4n) is 2.87. The summed E-state index contributed by atoms with van der Waals surface area (Å²) >= 11 is 6.28. The van der Waals surface area contributed by atoms with Crippen LogP contribution in [0.1, 0.15) is 5.56 Å². The van der Waals surface area contributed by atoms with E-state index in [1.165, 1.54) is 13.3 Å². The summed E-state index contributed by atoms with van der Waals surface area (Å²) in [6.07, 6.45) is 2.48. The van der Waals surface area contributed by atoms with Crippen molar-refractivity contribution in [1.82, 2.24) is 9.97 Å². The van der Waals surface area contributed by atoms with Gasteiger partial charge in [-0.05, 0) is 31.2 Å². The molecule has 0 aliphatic heterocycles. The van der Waals surface area contributed by atoms with Crippen molar-refractivity contribution in [2.24, 2.45) is 0 Å². The van der Waals surface area contributed by atoms with Crippen molar-refractivity contribution in [2.45, 2.75) is 6.92 Å². The van der Waals surface area contributed by atoms with Gasteiger partial charge in [0.25, 0.3) is 0 Å². The highest BCUT2D eigenvalue weighted by molar-refractivity contribution is 7.92. The molecule has 0 atom stereocenters. The number of nitrogens with one attached hydrogen (secondary N) is 3. The number of nitrogens with zero attached hydrogens (tertiary/aromatic N) is 2. The van der Waals surface area contributed by atoms with Gasteiger partial charge in [0.1, 0.15) is 23.1 Å². The number of halogens is 1. The van der Waals surface area contributed by atoms with Gasteiger partial charge >= 0.3 is 0 Å². The molecule has 4 N–H and O–H groups in total. The molecule has 0 fully saturated rings. The van der Waals surface area contributed by atoms with Crippen molar-refractivity contribution in [2.75, 3.05) is 41.9 Å². The second-order valence-corrected chi connectivity index (χ2v) is 9.08. The van der Waals surface area contributed by atoms with Gasteiger partial charge in [-0.1, -0.05) is 17.7 Å². The van der Waals surface area contributed by atoms with Crippen LogP contribution in [-0.2, 0) is 10.0 Å². The van der Waals surface area contributed by atoms with Gasteiger partial charge in [0.05, 0.1) is 37.5 Å². The molecule has 3 rings (SSSR count). The predicted molar refractivity (Wildman–Crippen MR) is 129 cm³/mol. The van der Waals surface area contributed by atoms with E-state index in [1.54, 1.807) is 30.3 Å². The summed E-state index contributed by atoms with van der Waals surface area (Å²) in [6.45, 7) is 1.96. The van der Waals surface area contributed by atoms with Gasteiger partial charge in [-0.25, -0.2) is 13.4 Å². The van der Waals surface area contributed by atoms with E-state index >= 15 is 0 Å². The van der Waals surface area contributed by atoms with Crippen molar-refractivity contribution < 1.29 is 23.0 Å². The van der Waals surface area contributed by atoms with Crippen LogP contribution in [0, 0.1) is 6.92 Å². The molecule has 0 aliphatic rings. The van der Waals surface area contributed by atoms with Crippen LogP contribution in [0.25, 0.3) is 0 Å². The lowest BCUT2D eigenvalue weighted by Crippen LogP contribution is -2.11. The van der Waals surface area contributed by atoms with Crippen LogP contribution in [0.5, 0.6) is 11.5 Å². The van der Waals surface area contributed by atoms with E-state index in [-0.39, 0.29) is 35.7 Å². The highest BCUT2D eigenvalue weighted by atomic mass is 35.5. The minimum Gasteiger partial charge on any atom is -0.497 e. The second kappa shape index (κ2) is 10.6. The summed E-state index contributed by atoms with van der Waals surface area (Å²) in [4.78, 5) is 8.63. The minimum absolute atomic E-state index is 0.0893. The quantitative estimate of drug-likeness (QED) is 0.333. The topological polar surface area (TPSA) is 135 Å². The number of aliphatic hydroxyl groups is 1. The molecule has 33 heavy (non-hydrogen) atoms. The molecular formula is C21H24ClN5O5S. The number of rotatable bonds is 10.